The SMILES string of the molecule is COc1ccc(-n2cc(C(C)C)nn2)cc1. The summed E-state index contributed by atoms with van der Waals surface area (Å²) in [5, 5.41) is 8.21. The molecule has 84 valence electrons. The molecule has 0 unspecified atom stereocenters. The third-order valence-corrected chi connectivity index (χ3v) is 2.44. The quantitative estimate of drug-likeness (QED) is 0.792. The highest BCUT2D eigenvalue weighted by atomic mass is 16.5. The lowest BCUT2D eigenvalue weighted by molar-refractivity contribution is 0.414. The number of methoxy groups -OCH3 is 1. The smallest absolute Gasteiger partial charge is 0.119 e. The Bertz CT molecular complexity index is 459. The highest BCUT2D eigenvalue weighted by molar-refractivity contribution is 5.36. The third kappa shape index (κ3) is 2.05. The van der Waals surface area contributed by atoms with Gasteiger partial charge in [0.15, 0.2) is 0 Å². The Labute approximate surface area is 94.9 Å². The molecule has 1 aromatic heterocycles. The molecule has 0 bridgehead atoms. The molecule has 0 aliphatic heterocycles. The van der Waals surface area contributed by atoms with Gasteiger partial charge in [-0.25, -0.2) is 4.68 Å². The van der Waals surface area contributed by atoms with E-state index in [9.17, 15) is 0 Å². The summed E-state index contributed by atoms with van der Waals surface area (Å²) in [4.78, 5) is 0. The zero-order valence-corrected chi connectivity index (χ0v) is 9.71. The average molecular weight is 217 g/mol. The monoisotopic (exact) mass is 217 g/mol. The number of nitrogens with zero attached hydrogens (tertiary/aromatic N) is 3. The van der Waals surface area contributed by atoms with Crippen molar-refractivity contribution in [3.05, 3.63) is 36.2 Å². The molecule has 1 aromatic carbocycles. The molecule has 0 spiro atoms. The van der Waals surface area contributed by atoms with E-state index in [-0.39, 0.29) is 0 Å². The van der Waals surface area contributed by atoms with Crippen LogP contribution in [0.5, 0.6) is 5.75 Å². The Kier molecular flexibility index (Phi) is 2.90. The van der Waals surface area contributed by atoms with E-state index in [1.807, 2.05) is 30.5 Å². The van der Waals surface area contributed by atoms with E-state index in [1.54, 1.807) is 11.8 Å². The molecule has 4 heteroatoms. The first kappa shape index (κ1) is 10.7. The van der Waals surface area contributed by atoms with Gasteiger partial charge in [-0.1, -0.05) is 19.1 Å². The predicted molar refractivity (Wildman–Crippen MR) is 62.0 cm³/mol. The van der Waals surface area contributed by atoms with Crippen LogP contribution in [0.4, 0.5) is 0 Å². The fourth-order valence-corrected chi connectivity index (χ4v) is 1.40. The van der Waals surface area contributed by atoms with Gasteiger partial charge in [-0.15, -0.1) is 5.10 Å². The minimum atomic E-state index is 0.395. The number of ether oxygens (including phenoxy) is 1. The highest BCUT2D eigenvalue weighted by Gasteiger charge is 2.05. The van der Waals surface area contributed by atoms with E-state index < -0.39 is 0 Å². The zero-order chi connectivity index (χ0) is 11.5. The van der Waals surface area contributed by atoms with Crippen molar-refractivity contribution in [1.82, 2.24) is 15.0 Å². The van der Waals surface area contributed by atoms with E-state index in [0.717, 1.165) is 17.1 Å². The largest absolute Gasteiger partial charge is 0.497 e. The van der Waals surface area contributed by atoms with Gasteiger partial charge in [-0.3, -0.25) is 0 Å². The van der Waals surface area contributed by atoms with Gasteiger partial charge in [0.05, 0.1) is 24.7 Å². The van der Waals surface area contributed by atoms with Gasteiger partial charge >= 0.3 is 0 Å². The van der Waals surface area contributed by atoms with E-state index in [2.05, 4.69) is 24.2 Å². The maximum atomic E-state index is 5.10. The van der Waals surface area contributed by atoms with Gasteiger partial charge in [0.25, 0.3) is 0 Å². The van der Waals surface area contributed by atoms with Gasteiger partial charge < -0.3 is 4.74 Å². The summed E-state index contributed by atoms with van der Waals surface area (Å²) in [5.41, 5.74) is 1.98. The lowest BCUT2D eigenvalue weighted by atomic mass is 10.2. The van der Waals surface area contributed by atoms with Crippen LogP contribution in [0.3, 0.4) is 0 Å². The van der Waals surface area contributed by atoms with Gasteiger partial charge in [0.1, 0.15) is 5.75 Å². The number of hydrogen-bond acceptors (Lipinski definition) is 3. The Morgan fingerprint density at radius 2 is 1.88 bits per heavy atom. The van der Waals surface area contributed by atoms with Crippen molar-refractivity contribution in [2.75, 3.05) is 7.11 Å². The standard InChI is InChI=1S/C12H15N3O/c1-9(2)12-8-15(14-13-12)10-4-6-11(16-3)7-5-10/h4-9H,1-3H3. The number of rotatable bonds is 3. The second kappa shape index (κ2) is 4.35. The fourth-order valence-electron chi connectivity index (χ4n) is 1.40. The zero-order valence-electron chi connectivity index (χ0n) is 9.71. The normalized spacial score (nSPS) is 10.8. The molecule has 4 nitrogen and oxygen atoms in total. The second-order valence-electron chi connectivity index (χ2n) is 3.94. The minimum absolute atomic E-state index is 0.395. The van der Waals surface area contributed by atoms with Crippen molar-refractivity contribution in [2.24, 2.45) is 0 Å². The summed E-state index contributed by atoms with van der Waals surface area (Å²) in [6.07, 6.45) is 1.95. The average Bonchev–Trinajstić information content (AvgIpc) is 2.78. The first-order valence-corrected chi connectivity index (χ1v) is 5.27. The van der Waals surface area contributed by atoms with Crippen LogP contribution in [-0.4, -0.2) is 22.1 Å². The summed E-state index contributed by atoms with van der Waals surface area (Å²) in [6.45, 7) is 4.20. The van der Waals surface area contributed by atoms with Crippen LogP contribution in [0.1, 0.15) is 25.5 Å². The van der Waals surface area contributed by atoms with Crippen molar-refractivity contribution < 1.29 is 4.74 Å². The molecule has 0 fully saturated rings. The molecule has 0 atom stereocenters. The summed E-state index contributed by atoms with van der Waals surface area (Å²) < 4.78 is 6.88. The molecule has 0 aliphatic rings. The number of aromatic nitrogens is 3. The maximum absolute atomic E-state index is 5.10. The molecule has 0 radical (unpaired) electrons. The third-order valence-electron chi connectivity index (χ3n) is 2.44. The van der Waals surface area contributed by atoms with Crippen LogP contribution < -0.4 is 4.74 Å². The fraction of sp³-hybridized carbons (Fsp3) is 0.333. The molecule has 16 heavy (non-hydrogen) atoms. The molecule has 0 amide bonds. The number of benzene rings is 1. The molecule has 1 heterocycles. The van der Waals surface area contributed by atoms with E-state index in [1.165, 1.54) is 0 Å². The molecular formula is C12H15N3O. The van der Waals surface area contributed by atoms with Crippen LogP contribution in [0, 0.1) is 0 Å². The Morgan fingerprint density at radius 3 is 2.38 bits per heavy atom. The molecule has 0 aliphatic carbocycles. The summed E-state index contributed by atoms with van der Waals surface area (Å²) in [7, 11) is 1.65. The molecular weight excluding hydrogens is 202 g/mol. The Hall–Kier alpha value is -1.84. The lowest BCUT2D eigenvalue weighted by Crippen LogP contribution is -1.94. The molecule has 0 N–H and O–H groups in total. The van der Waals surface area contributed by atoms with Crippen molar-refractivity contribution in [3.8, 4) is 11.4 Å². The Balaban J connectivity index is 2.28. The second-order valence-corrected chi connectivity index (χ2v) is 3.94. The van der Waals surface area contributed by atoms with Crippen molar-refractivity contribution in [2.45, 2.75) is 19.8 Å². The topological polar surface area (TPSA) is 39.9 Å². The van der Waals surface area contributed by atoms with Crippen LogP contribution in [0.15, 0.2) is 30.5 Å². The number of hydrogen-bond donors (Lipinski definition) is 0. The minimum Gasteiger partial charge on any atom is -0.497 e. The summed E-state index contributed by atoms with van der Waals surface area (Å²) in [5.74, 6) is 1.24. The molecule has 0 saturated carbocycles. The van der Waals surface area contributed by atoms with E-state index in [4.69, 9.17) is 4.74 Å². The van der Waals surface area contributed by atoms with Crippen LogP contribution in [0.25, 0.3) is 5.69 Å². The van der Waals surface area contributed by atoms with E-state index in [0.29, 0.717) is 5.92 Å². The summed E-state index contributed by atoms with van der Waals surface area (Å²) >= 11 is 0. The van der Waals surface area contributed by atoms with Gasteiger partial charge in [-0.05, 0) is 30.2 Å². The van der Waals surface area contributed by atoms with Crippen LogP contribution in [-0.2, 0) is 0 Å². The lowest BCUT2D eigenvalue weighted by Gasteiger charge is -2.02. The van der Waals surface area contributed by atoms with Crippen LogP contribution >= 0.6 is 0 Å². The Morgan fingerprint density at radius 1 is 1.19 bits per heavy atom. The van der Waals surface area contributed by atoms with Crippen molar-refractivity contribution in [3.63, 3.8) is 0 Å². The molecule has 2 rings (SSSR count). The van der Waals surface area contributed by atoms with Gasteiger partial charge in [0, 0.05) is 0 Å². The first-order valence-electron chi connectivity index (χ1n) is 5.27. The van der Waals surface area contributed by atoms with E-state index >= 15 is 0 Å². The first-order chi connectivity index (χ1) is 7.70. The van der Waals surface area contributed by atoms with Crippen molar-refractivity contribution in [1.29, 1.82) is 0 Å². The summed E-state index contributed by atoms with van der Waals surface area (Å²) in [6, 6.07) is 7.73. The maximum Gasteiger partial charge on any atom is 0.119 e. The van der Waals surface area contributed by atoms with Crippen LogP contribution in [0.2, 0.25) is 0 Å². The van der Waals surface area contributed by atoms with Crippen molar-refractivity contribution >= 4 is 0 Å². The molecule has 2 aromatic rings. The van der Waals surface area contributed by atoms with Gasteiger partial charge in [0.2, 0.25) is 0 Å². The molecule has 0 saturated heterocycles. The highest BCUT2D eigenvalue weighted by Crippen LogP contribution is 2.16. The van der Waals surface area contributed by atoms with Gasteiger partial charge in [-0.2, -0.15) is 0 Å². The predicted octanol–water partition coefficient (Wildman–Crippen LogP) is 2.40.